The van der Waals surface area contributed by atoms with Gasteiger partial charge in [0, 0.05) is 29.1 Å². The molecule has 252 valence electrons. The van der Waals surface area contributed by atoms with Crippen LogP contribution in [-0.2, 0) is 28.7 Å². The zero-order chi connectivity index (χ0) is 34.9. The molecule has 3 saturated carbocycles. The second-order valence-electron chi connectivity index (χ2n) is 13.9. The molecule has 3 aliphatic carbocycles. The lowest BCUT2D eigenvalue weighted by Crippen LogP contribution is -2.70. The van der Waals surface area contributed by atoms with Crippen LogP contribution in [0.4, 0.5) is 0 Å². The molecular formula is C37H32O9S3. The maximum Gasteiger partial charge on any atom is 0.344 e. The van der Waals surface area contributed by atoms with Crippen LogP contribution in [0.25, 0.3) is 10.4 Å². The van der Waals surface area contributed by atoms with Crippen molar-refractivity contribution in [1.29, 1.82) is 0 Å². The Labute approximate surface area is 294 Å². The predicted molar refractivity (Wildman–Crippen MR) is 183 cm³/mol. The van der Waals surface area contributed by atoms with Crippen molar-refractivity contribution in [2.75, 3.05) is 6.61 Å². The molecule has 0 amide bonds. The number of carbonyl (C=O) groups excluding carboxylic acids is 6. The highest BCUT2D eigenvalue weighted by atomic mass is 32.9. The fraction of sp³-hybridized carbons (Fsp3) is 0.378. The molecule has 4 aliphatic rings. The first kappa shape index (κ1) is 33.4. The summed E-state index contributed by atoms with van der Waals surface area (Å²) in [6, 6.07) is 14.7. The molecule has 1 aliphatic heterocycles. The monoisotopic (exact) mass is 716 g/mol. The van der Waals surface area contributed by atoms with Crippen molar-refractivity contribution in [2.45, 2.75) is 45.6 Å². The number of hydrogen-bond acceptors (Lipinski definition) is 12. The van der Waals surface area contributed by atoms with E-state index in [0.29, 0.717) is 12.8 Å². The topological polar surface area (TPSA) is 130 Å². The van der Waals surface area contributed by atoms with Crippen molar-refractivity contribution < 1.29 is 43.0 Å². The fourth-order valence-corrected chi connectivity index (χ4v) is 11.1. The van der Waals surface area contributed by atoms with Gasteiger partial charge in [0.05, 0.1) is 16.5 Å². The van der Waals surface area contributed by atoms with Crippen molar-refractivity contribution in [3.05, 3.63) is 81.7 Å². The van der Waals surface area contributed by atoms with E-state index in [9.17, 15) is 28.8 Å². The summed E-state index contributed by atoms with van der Waals surface area (Å²) < 4.78 is 18.2. The Morgan fingerprint density at radius 2 is 1.69 bits per heavy atom. The molecule has 1 saturated heterocycles. The summed E-state index contributed by atoms with van der Waals surface area (Å²) in [7, 11) is 3.04. The first-order valence-corrected chi connectivity index (χ1v) is 18.5. The van der Waals surface area contributed by atoms with Gasteiger partial charge >= 0.3 is 17.9 Å². The molecule has 12 heteroatoms. The number of ketones is 2. The molecule has 9 nitrogen and oxygen atoms in total. The summed E-state index contributed by atoms with van der Waals surface area (Å²) in [6.07, 6.45) is 0.608. The van der Waals surface area contributed by atoms with E-state index >= 15 is 0 Å². The molecule has 0 unspecified atom stereocenters. The number of hydrogen-bond donors (Lipinski definition) is 0. The first-order valence-electron chi connectivity index (χ1n) is 16.0. The summed E-state index contributed by atoms with van der Waals surface area (Å²) in [4.78, 5) is 83.2. The Kier molecular flexibility index (Phi) is 8.19. The van der Waals surface area contributed by atoms with E-state index in [1.54, 1.807) is 46.7 Å². The highest BCUT2D eigenvalue weighted by molar-refractivity contribution is 7.80. The number of aldehydes is 1. The number of benzene rings is 2. The molecule has 2 heterocycles. The average molecular weight is 717 g/mol. The summed E-state index contributed by atoms with van der Waals surface area (Å²) in [5.74, 6) is -5.76. The van der Waals surface area contributed by atoms with Crippen LogP contribution in [0, 0.1) is 37.8 Å². The first-order chi connectivity index (χ1) is 23.4. The van der Waals surface area contributed by atoms with Gasteiger partial charge in [-0.25, -0.2) is 9.59 Å². The maximum atomic E-state index is 14.2. The van der Waals surface area contributed by atoms with Gasteiger partial charge in [0.1, 0.15) is 34.4 Å². The van der Waals surface area contributed by atoms with Gasteiger partial charge in [-0.15, -0.1) is 0 Å². The van der Waals surface area contributed by atoms with Crippen LogP contribution < -0.4 is 4.74 Å². The summed E-state index contributed by atoms with van der Waals surface area (Å²) in [6.45, 7) is 7.45. The zero-order valence-corrected chi connectivity index (χ0v) is 29.2. The summed E-state index contributed by atoms with van der Waals surface area (Å²) >= 11 is 5.22. The largest absolute Gasteiger partial charge is 0.464 e. The summed E-state index contributed by atoms with van der Waals surface area (Å²) in [5.41, 5.74) is -3.30. The van der Waals surface area contributed by atoms with Gasteiger partial charge in [-0.2, -0.15) is 0 Å². The van der Waals surface area contributed by atoms with Gasteiger partial charge in [-0.3, -0.25) is 14.4 Å². The Balaban J connectivity index is 1.21. The lowest BCUT2D eigenvalue weighted by molar-refractivity contribution is -0.220. The number of carbonyl (C=O) groups is 6. The Hall–Kier alpha value is -4.13. The van der Waals surface area contributed by atoms with Crippen LogP contribution >= 0.6 is 32.9 Å². The molecule has 0 radical (unpaired) electrons. The molecular weight excluding hydrogens is 685 g/mol. The molecule has 1 aromatic heterocycles. The minimum absolute atomic E-state index is 0.0809. The fourth-order valence-electron chi connectivity index (χ4n) is 8.74. The number of cyclic esters (lactones) is 1. The number of ether oxygens (including phenoxy) is 3. The van der Waals surface area contributed by atoms with Crippen LogP contribution in [0.5, 0.6) is 5.75 Å². The normalized spacial score (nSPS) is 30.0. The highest BCUT2D eigenvalue weighted by Crippen LogP contribution is 2.67. The van der Waals surface area contributed by atoms with E-state index in [4.69, 9.17) is 26.4 Å². The van der Waals surface area contributed by atoms with Gasteiger partial charge < -0.3 is 19.0 Å². The third kappa shape index (κ3) is 4.93. The van der Waals surface area contributed by atoms with Gasteiger partial charge in [0.25, 0.3) is 0 Å². The zero-order valence-electron chi connectivity index (χ0n) is 26.7. The number of fused-ring (bicyclic) bond motifs is 2. The average Bonchev–Trinajstić information content (AvgIpc) is 3.57. The minimum Gasteiger partial charge on any atom is -0.464 e. The van der Waals surface area contributed by atoms with E-state index in [1.807, 2.05) is 19.9 Å². The number of Topliss-reactive ketones (excluding diaryl/α,β-unsaturated/α-hetero) is 2. The molecule has 3 aromatic rings. The highest BCUT2D eigenvalue weighted by Gasteiger charge is 2.78. The third-order valence-electron chi connectivity index (χ3n) is 11.1. The van der Waals surface area contributed by atoms with Gasteiger partial charge in [0.2, 0.25) is 0 Å². The van der Waals surface area contributed by atoms with Crippen molar-refractivity contribution in [1.82, 2.24) is 0 Å². The van der Waals surface area contributed by atoms with E-state index in [2.05, 4.69) is 6.58 Å². The van der Waals surface area contributed by atoms with Crippen LogP contribution in [0.2, 0.25) is 0 Å². The molecule has 2 bridgehead atoms. The molecule has 4 fully saturated rings. The van der Waals surface area contributed by atoms with E-state index in [0.717, 1.165) is 20.6 Å². The van der Waals surface area contributed by atoms with E-state index < -0.39 is 63.8 Å². The predicted octanol–water partition coefficient (Wildman–Crippen LogP) is 6.85. The van der Waals surface area contributed by atoms with Crippen LogP contribution in [0.15, 0.2) is 66.7 Å². The second kappa shape index (κ2) is 12.0. The van der Waals surface area contributed by atoms with Gasteiger partial charge in [0.15, 0.2) is 11.2 Å². The van der Waals surface area contributed by atoms with Crippen LogP contribution in [-0.4, -0.2) is 48.5 Å². The Morgan fingerprint density at radius 3 is 2.35 bits per heavy atom. The quantitative estimate of drug-likeness (QED) is 0.0508. The third-order valence-corrected chi connectivity index (χ3v) is 14.0. The standard InChI is InChI=1S/C37H32O9S3/c1-19-22-12-13-26-36(27(17-38)35(2,3)15-14-28(36)39)18-44-34(43)37(26,30(19)40)31(22)46-33(42)24-7-5-4-6-23(24)32(41)45-21-10-8-20(9-11-21)25-16-29(47)49-48-25/h4-11,16-17,22,26-27,31H,1,12-15,18H2,2-3H3/t22-,26-,27+,31+,36-,37-/m0/s1. The smallest absolute Gasteiger partial charge is 0.344 e. The van der Waals surface area contributed by atoms with Crippen molar-refractivity contribution in [3.63, 3.8) is 0 Å². The molecule has 7 rings (SSSR count). The minimum atomic E-state index is -2.05. The Bertz CT molecular complexity index is 2010. The lowest BCUT2D eigenvalue weighted by Gasteiger charge is -2.59. The molecule has 49 heavy (non-hydrogen) atoms. The maximum absolute atomic E-state index is 14.2. The Morgan fingerprint density at radius 1 is 1.00 bits per heavy atom. The van der Waals surface area contributed by atoms with Crippen molar-refractivity contribution >= 4 is 68.7 Å². The van der Waals surface area contributed by atoms with E-state index in [-0.39, 0.29) is 47.7 Å². The SMILES string of the molecule is C=C1C(=O)[C@@]23C(=O)OC[C@]4(C(=O)CCC(C)(C)[C@H]4C=O)[C@@H]2CC[C@@H]1[C@H]3OC(=O)c1ccccc1C(=O)Oc1ccc(-c2cc(=S)ss2)cc1. The summed E-state index contributed by atoms with van der Waals surface area (Å²) in [5, 5.41) is 0. The lowest BCUT2D eigenvalue weighted by atomic mass is 9.44. The van der Waals surface area contributed by atoms with Crippen molar-refractivity contribution in [2.24, 2.45) is 34.0 Å². The van der Waals surface area contributed by atoms with Crippen LogP contribution in [0.3, 0.4) is 0 Å². The second-order valence-corrected chi connectivity index (χ2v) is 16.8. The molecule has 2 aromatic carbocycles. The molecule has 2 spiro atoms. The number of rotatable bonds is 6. The molecule has 6 atom stereocenters. The number of esters is 3. The van der Waals surface area contributed by atoms with Gasteiger partial charge in [-0.05, 0) is 78.3 Å². The van der Waals surface area contributed by atoms with Crippen molar-refractivity contribution in [3.8, 4) is 16.2 Å². The van der Waals surface area contributed by atoms with E-state index in [1.165, 1.54) is 22.5 Å². The van der Waals surface area contributed by atoms with Crippen LogP contribution in [0.1, 0.15) is 60.2 Å². The van der Waals surface area contributed by atoms with Gasteiger partial charge in [-0.1, -0.05) is 65.5 Å². The molecule has 0 N–H and O–H groups in total.